The van der Waals surface area contributed by atoms with Gasteiger partial charge in [-0.05, 0) is 67.6 Å². The van der Waals surface area contributed by atoms with Gasteiger partial charge in [0.05, 0.1) is 22.6 Å². The van der Waals surface area contributed by atoms with Crippen LogP contribution in [0.4, 0.5) is 5.69 Å². The quantitative estimate of drug-likeness (QED) is 0.236. The minimum atomic E-state index is -3.99. The van der Waals surface area contributed by atoms with Crippen molar-refractivity contribution in [2.24, 2.45) is 0 Å². The maximum Gasteiger partial charge on any atom is 0.264 e. The smallest absolute Gasteiger partial charge is 0.264 e. The number of benzene rings is 3. The standard InChI is InChI=1S/C28H28N2O5S2/c1-22-9-15-27(16-10-22)37(32,33)30(20-28(31)29-17-19-36-21-26-8-5-18-34-26)23-11-13-25(14-12-23)35-24-6-3-2-4-7-24/h2-16,18H,17,19-21H2,1H3,(H,29,31). The Morgan fingerprint density at radius 1 is 0.919 bits per heavy atom. The second kappa shape index (κ2) is 12.5. The lowest BCUT2D eigenvalue weighted by Crippen LogP contribution is -2.41. The number of sulfonamides is 1. The summed E-state index contributed by atoms with van der Waals surface area (Å²) < 4.78 is 39.4. The number of nitrogens with one attached hydrogen (secondary N) is 1. The van der Waals surface area contributed by atoms with E-state index in [0.717, 1.165) is 15.6 Å². The first-order chi connectivity index (χ1) is 17.9. The van der Waals surface area contributed by atoms with Crippen LogP contribution in [-0.4, -0.2) is 33.2 Å². The predicted octanol–water partition coefficient (Wildman–Crippen LogP) is 5.63. The van der Waals surface area contributed by atoms with Crippen molar-refractivity contribution in [3.05, 3.63) is 109 Å². The Labute approximate surface area is 221 Å². The summed E-state index contributed by atoms with van der Waals surface area (Å²) in [7, 11) is -3.99. The molecule has 1 amide bonds. The number of furan rings is 1. The molecule has 0 aliphatic rings. The molecule has 0 bridgehead atoms. The fourth-order valence-electron chi connectivity index (χ4n) is 3.47. The highest BCUT2D eigenvalue weighted by molar-refractivity contribution is 7.98. The molecule has 0 saturated heterocycles. The molecule has 0 saturated carbocycles. The van der Waals surface area contributed by atoms with Crippen LogP contribution in [0.25, 0.3) is 0 Å². The van der Waals surface area contributed by atoms with Crippen LogP contribution in [0, 0.1) is 6.92 Å². The van der Waals surface area contributed by atoms with E-state index in [1.165, 1.54) is 0 Å². The summed E-state index contributed by atoms with van der Waals surface area (Å²) in [6.07, 6.45) is 1.63. The summed E-state index contributed by atoms with van der Waals surface area (Å²) in [5, 5.41) is 2.82. The fraction of sp³-hybridized carbons (Fsp3) is 0.179. The van der Waals surface area contributed by atoms with Crippen LogP contribution < -0.4 is 14.4 Å². The number of hydrogen-bond donors (Lipinski definition) is 1. The molecule has 0 aliphatic carbocycles. The highest BCUT2D eigenvalue weighted by Crippen LogP contribution is 2.28. The lowest BCUT2D eigenvalue weighted by atomic mass is 10.2. The molecule has 4 aromatic rings. The van der Waals surface area contributed by atoms with Crippen molar-refractivity contribution in [2.45, 2.75) is 17.6 Å². The zero-order valence-electron chi connectivity index (χ0n) is 20.4. The maximum absolute atomic E-state index is 13.6. The molecular formula is C28H28N2O5S2. The van der Waals surface area contributed by atoms with E-state index in [0.29, 0.717) is 35.2 Å². The van der Waals surface area contributed by atoms with E-state index in [-0.39, 0.29) is 17.3 Å². The van der Waals surface area contributed by atoms with Crippen LogP contribution >= 0.6 is 11.8 Å². The van der Waals surface area contributed by atoms with Gasteiger partial charge < -0.3 is 14.5 Å². The Kier molecular flexibility index (Phi) is 8.92. The van der Waals surface area contributed by atoms with Crippen molar-refractivity contribution in [3.63, 3.8) is 0 Å². The SMILES string of the molecule is Cc1ccc(S(=O)(=O)N(CC(=O)NCCSCc2ccco2)c2ccc(Oc3ccccc3)cc2)cc1. The Balaban J connectivity index is 1.46. The number of hydrogen-bond acceptors (Lipinski definition) is 6. The number of carbonyl (C=O) groups is 1. The molecule has 0 atom stereocenters. The van der Waals surface area contributed by atoms with E-state index in [9.17, 15) is 13.2 Å². The average Bonchev–Trinajstić information content (AvgIpc) is 3.42. The highest BCUT2D eigenvalue weighted by atomic mass is 32.2. The summed E-state index contributed by atoms with van der Waals surface area (Å²) in [5.74, 6) is 3.08. The molecule has 0 spiro atoms. The van der Waals surface area contributed by atoms with Crippen molar-refractivity contribution in [2.75, 3.05) is 23.1 Å². The Morgan fingerprint density at radius 2 is 1.62 bits per heavy atom. The molecule has 0 aliphatic heterocycles. The van der Waals surface area contributed by atoms with E-state index in [4.69, 9.17) is 9.15 Å². The van der Waals surface area contributed by atoms with Crippen LogP contribution in [0.15, 0.2) is 107 Å². The minimum Gasteiger partial charge on any atom is -0.468 e. The molecule has 4 rings (SSSR count). The molecule has 192 valence electrons. The van der Waals surface area contributed by atoms with Crippen molar-refractivity contribution in [1.29, 1.82) is 0 Å². The first-order valence-electron chi connectivity index (χ1n) is 11.7. The lowest BCUT2D eigenvalue weighted by molar-refractivity contribution is -0.119. The number of amides is 1. The van der Waals surface area contributed by atoms with E-state index >= 15 is 0 Å². The number of thioether (sulfide) groups is 1. The normalized spacial score (nSPS) is 11.2. The van der Waals surface area contributed by atoms with Crippen molar-refractivity contribution in [3.8, 4) is 11.5 Å². The number of nitrogens with zero attached hydrogens (tertiary/aromatic N) is 1. The third-order valence-corrected chi connectivity index (χ3v) is 8.16. The molecule has 1 N–H and O–H groups in total. The predicted molar refractivity (Wildman–Crippen MR) is 147 cm³/mol. The average molecular weight is 537 g/mol. The van der Waals surface area contributed by atoms with Gasteiger partial charge in [0.25, 0.3) is 10.0 Å². The van der Waals surface area contributed by atoms with Gasteiger partial charge in [0, 0.05) is 12.3 Å². The van der Waals surface area contributed by atoms with Gasteiger partial charge in [-0.3, -0.25) is 9.10 Å². The Hall–Kier alpha value is -3.69. The van der Waals surface area contributed by atoms with Gasteiger partial charge in [0.1, 0.15) is 23.8 Å². The molecule has 9 heteroatoms. The summed E-state index contributed by atoms with van der Waals surface area (Å²) in [4.78, 5) is 12.9. The highest BCUT2D eigenvalue weighted by Gasteiger charge is 2.27. The molecular weight excluding hydrogens is 508 g/mol. The third-order valence-electron chi connectivity index (χ3n) is 5.39. The summed E-state index contributed by atoms with van der Waals surface area (Å²) in [6, 6.07) is 26.2. The molecule has 0 unspecified atom stereocenters. The number of aryl methyl sites for hydroxylation is 1. The molecule has 0 fully saturated rings. The lowest BCUT2D eigenvalue weighted by Gasteiger charge is -2.24. The molecule has 1 heterocycles. The van der Waals surface area contributed by atoms with E-state index in [1.54, 1.807) is 66.6 Å². The van der Waals surface area contributed by atoms with Gasteiger partial charge >= 0.3 is 0 Å². The molecule has 1 aromatic heterocycles. The first-order valence-corrected chi connectivity index (χ1v) is 14.3. The number of rotatable bonds is 12. The minimum absolute atomic E-state index is 0.115. The summed E-state index contributed by atoms with van der Waals surface area (Å²) in [6.45, 7) is 1.95. The molecule has 37 heavy (non-hydrogen) atoms. The van der Waals surface area contributed by atoms with Crippen molar-refractivity contribution >= 4 is 33.4 Å². The maximum atomic E-state index is 13.6. The van der Waals surface area contributed by atoms with Crippen LogP contribution in [0.3, 0.4) is 0 Å². The van der Waals surface area contributed by atoms with Crippen molar-refractivity contribution < 1.29 is 22.4 Å². The summed E-state index contributed by atoms with van der Waals surface area (Å²) >= 11 is 1.62. The Bertz CT molecular complexity index is 1370. The second-order valence-electron chi connectivity index (χ2n) is 8.22. The van der Waals surface area contributed by atoms with Crippen LogP contribution in [-0.2, 0) is 20.6 Å². The number of anilines is 1. The first kappa shape index (κ1) is 26.4. The van der Waals surface area contributed by atoms with Gasteiger partial charge in [-0.2, -0.15) is 11.8 Å². The van der Waals surface area contributed by atoms with E-state index in [1.807, 2.05) is 49.4 Å². The van der Waals surface area contributed by atoms with Gasteiger partial charge in [-0.15, -0.1) is 0 Å². The van der Waals surface area contributed by atoms with E-state index < -0.39 is 10.0 Å². The molecule has 3 aromatic carbocycles. The molecule has 7 nitrogen and oxygen atoms in total. The second-order valence-corrected chi connectivity index (χ2v) is 11.2. The topological polar surface area (TPSA) is 88.9 Å². The number of para-hydroxylation sites is 1. The number of ether oxygens (including phenoxy) is 1. The van der Waals surface area contributed by atoms with Crippen LogP contribution in [0.5, 0.6) is 11.5 Å². The van der Waals surface area contributed by atoms with Gasteiger partial charge in [-0.1, -0.05) is 35.9 Å². The van der Waals surface area contributed by atoms with Crippen molar-refractivity contribution in [1.82, 2.24) is 5.32 Å². The van der Waals surface area contributed by atoms with E-state index in [2.05, 4.69) is 5.32 Å². The van der Waals surface area contributed by atoms with Gasteiger partial charge in [-0.25, -0.2) is 8.42 Å². The largest absolute Gasteiger partial charge is 0.468 e. The zero-order valence-corrected chi connectivity index (χ0v) is 22.0. The Morgan fingerprint density at radius 3 is 2.30 bits per heavy atom. The van der Waals surface area contributed by atoms with Gasteiger partial charge in [0.15, 0.2) is 0 Å². The number of carbonyl (C=O) groups excluding carboxylic acids is 1. The molecule has 0 radical (unpaired) electrons. The van der Waals surface area contributed by atoms with Crippen LogP contribution in [0.2, 0.25) is 0 Å². The zero-order chi connectivity index (χ0) is 26.1. The summed E-state index contributed by atoms with van der Waals surface area (Å²) in [5.41, 5.74) is 1.31. The fourth-order valence-corrected chi connectivity index (χ4v) is 5.65. The van der Waals surface area contributed by atoms with Crippen LogP contribution in [0.1, 0.15) is 11.3 Å². The third kappa shape index (κ3) is 7.41. The van der Waals surface area contributed by atoms with Gasteiger partial charge in [0.2, 0.25) is 5.91 Å². The monoisotopic (exact) mass is 536 g/mol.